The molecule has 2 aromatic rings. The average molecular weight is 309 g/mol. The molecule has 0 spiro atoms. The molecule has 0 amide bonds. The van der Waals surface area contributed by atoms with E-state index in [1.165, 1.54) is 6.07 Å². The summed E-state index contributed by atoms with van der Waals surface area (Å²) in [6.45, 7) is 0.488. The Bertz CT molecular complexity index is 573. The Morgan fingerprint density at radius 3 is 3.10 bits per heavy atom. The maximum absolute atomic E-state index is 13.8. The van der Waals surface area contributed by atoms with Gasteiger partial charge in [0.1, 0.15) is 5.82 Å². The van der Waals surface area contributed by atoms with Crippen molar-refractivity contribution in [3.63, 3.8) is 0 Å². The number of aliphatic hydroxyl groups is 1. The molecule has 2 heterocycles. The molecule has 0 saturated carbocycles. The van der Waals surface area contributed by atoms with Gasteiger partial charge in [0.15, 0.2) is 0 Å². The second kappa shape index (κ2) is 6.26. The van der Waals surface area contributed by atoms with E-state index < -0.39 is 6.10 Å². The van der Waals surface area contributed by atoms with Crippen LogP contribution in [0.5, 0.6) is 0 Å². The average Bonchev–Trinajstić information content (AvgIpc) is 2.99. The molecule has 0 saturated heterocycles. The lowest BCUT2D eigenvalue weighted by atomic mass is 10.0. The van der Waals surface area contributed by atoms with Crippen LogP contribution in [0.2, 0.25) is 0 Å². The van der Waals surface area contributed by atoms with Gasteiger partial charge in [-0.2, -0.15) is 11.3 Å². The lowest BCUT2D eigenvalue weighted by Gasteiger charge is -2.27. The molecule has 2 nitrogen and oxygen atoms in total. The van der Waals surface area contributed by atoms with Crippen molar-refractivity contribution in [1.82, 2.24) is 5.32 Å². The van der Waals surface area contributed by atoms with Crippen LogP contribution in [0.1, 0.15) is 29.7 Å². The Labute approximate surface area is 126 Å². The van der Waals surface area contributed by atoms with E-state index in [-0.39, 0.29) is 11.9 Å². The fourth-order valence-corrected chi connectivity index (χ4v) is 4.28. The molecule has 0 radical (unpaired) electrons. The summed E-state index contributed by atoms with van der Waals surface area (Å²) in [6, 6.07) is 7.29. The lowest BCUT2D eigenvalue weighted by molar-refractivity contribution is 0.169. The van der Waals surface area contributed by atoms with Crippen molar-refractivity contribution in [1.29, 1.82) is 0 Å². The maximum Gasteiger partial charge on any atom is 0.137 e. The predicted molar refractivity (Wildman–Crippen MR) is 81.8 cm³/mol. The van der Waals surface area contributed by atoms with Gasteiger partial charge in [0.2, 0.25) is 0 Å². The standard InChI is InChI=1S/C15H16FNOS2/c16-12-3-1-2-11-13(5-7-20-15(11)12)17-8-14(18)10-4-6-19-9-10/h1-4,6,9,13-14,17-18H,5,7-8H2. The van der Waals surface area contributed by atoms with Crippen molar-refractivity contribution in [2.24, 2.45) is 0 Å². The van der Waals surface area contributed by atoms with Gasteiger partial charge in [-0.1, -0.05) is 12.1 Å². The number of aliphatic hydroxyl groups excluding tert-OH is 1. The first-order valence-corrected chi connectivity index (χ1v) is 8.53. The molecule has 0 aliphatic carbocycles. The zero-order valence-electron chi connectivity index (χ0n) is 10.9. The van der Waals surface area contributed by atoms with E-state index >= 15 is 0 Å². The Hall–Kier alpha value is -0.880. The topological polar surface area (TPSA) is 32.3 Å². The number of thiophene rings is 1. The second-order valence-corrected chi connectivity index (χ2v) is 6.71. The third kappa shape index (κ3) is 2.91. The molecule has 0 bridgehead atoms. The molecular formula is C15H16FNOS2. The molecule has 2 unspecified atom stereocenters. The second-order valence-electron chi connectivity index (χ2n) is 4.83. The van der Waals surface area contributed by atoms with E-state index in [1.54, 1.807) is 29.2 Å². The lowest BCUT2D eigenvalue weighted by Crippen LogP contribution is -2.29. The first-order valence-electron chi connectivity index (χ1n) is 6.60. The van der Waals surface area contributed by atoms with Gasteiger partial charge in [-0.25, -0.2) is 4.39 Å². The summed E-state index contributed by atoms with van der Waals surface area (Å²) < 4.78 is 13.8. The predicted octanol–water partition coefficient (Wildman–Crippen LogP) is 3.75. The number of benzene rings is 1. The van der Waals surface area contributed by atoms with Crippen LogP contribution in [-0.4, -0.2) is 17.4 Å². The van der Waals surface area contributed by atoms with Crippen molar-refractivity contribution < 1.29 is 9.50 Å². The molecule has 1 aromatic heterocycles. The summed E-state index contributed by atoms with van der Waals surface area (Å²) >= 11 is 3.15. The van der Waals surface area contributed by atoms with Crippen LogP contribution in [0.4, 0.5) is 4.39 Å². The smallest absolute Gasteiger partial charge is 0.137 e. The van der Waals surface area contributed by atoms with E-state index in [0.29, 0.717) is 6.54 Å². The molecule has 2 atom stereocenters. The number of fused-ring (bicyclic) bond motifs is 1. The molecule has 0 fully saturated rings. The normalized spacial score (nSPS) is 19.6. The van der Waals surface area contributed by atoms with Gasteiger partial charge in [-0.05, 0) is 46.2 Å². The molecule has 3 rings (SSSR count). The number of halogens is 1. The van der Waals surface area contributed by atoms with E-state index in [9.17, 15) is 9.50 Å². The first kappa shape index (κ1) is 14.1. The monoisotopic (exact) mass is 309 g/mol. The summed E-state index contributed by atoms with van der Waals surface area (Å²) in [7, 11) is 0. The molecular weight excluding hydrogens is 293 g/mol. The maximum atomic E-state index is 13.8. The first-order chi connectivity index (χ1) is 9.75. The quantitative estimate of drug-likeness (QED) is 0.902. The Morgan fingerprint density at radius 1 is 1.40 bits per heavy atom. The zero-order chi connectivity index (χ0) is 13.9. The SMILES string of the molecule is OC(CNC1CCSc2c(F)cccc21)c1ccsc1. The molecule has 1 aliphatic rings. The Kier molecular flexibility index (Phi) is 4.41. The van der Waals surface area contributed by atoms with Gasteiger partial charge in [0.05, 0.1) is 6.10 Å². The molecule has 5 heteroatoms. The highest BCUT2D eigenvalue weighted by Crippen LogP contribution is 2.37. The van der Waals surface area contributed by atoms with Crippen molar-refractivity contribution >= 4 is 23.1 Å². The van der Waals surface area contributed by atoms with Crippen molar-refractivity contribution in [2.75, 3.05) is 12.3 Å². The highest BCUT2D eigenvalue weighted by Gasteiger charge is 2.23. The van der Waals surface area contributed by atoms with Gasteiger partial charge in [-0.15, -0.1) is 11.8 Å². The number of thioether (sulfide) groups is 1. The molecule has 1 aliphatic heterocycles. The van der Waals surface area contributed by atoms with Crippen molar-refractivity contribution in [3.8, 4) is 0 Å². The van der Waals surface area contributed by atoms with Crippen LogP contribution in [0.15, 0.2) is 39.9 Å². The van der Waals surface area contributed by atoms with E-state index in [1.807, 2.05) is 22.9 Å². The number of rotatable bonds is 4. The van der Waals surface area contributed by atoms with Gasteiger partial charge in [-0.3, -0.25) is 0 Å². The fourth-order valence-electron chi connectivity index (χ4n) is 2.43. The van der Waals surface area contributed by atoms with Crippen molar-refractivity contribution in [3.05, 3.63) is 52.0 Å². The minimum absolute atomic E-state index is 0.121. The molecule has 20 heavy (non-hydrogen) atoms. The molecule has 1 aromatic carbocycles. The minimum atomic E-state index is -0.507. The van der Waals surface area contributed by atoms with E-state index in [4.69, 9.17) is 0 Å². The Balaban J connectivity index is 1.69. The summed E-state index contributed by atoms with van der Waals surface area (Å²) in [5, 5.41) is 17.4. The van der Waals surface area contributed by atoms with Gasteiger partial charge in [0, 0.05) is 17.5 Å². The minimum Gasteiger partial charge on any atom is -0.387 e. The highest BCUT2D eigenvalue weighted by atomic mass is 32.2. The van der Waals surface area contributed by atoms with E-state index in [0.717, 1.165) is 28.2 Å². The molecule has 2 N–H and O–H groups in total. The summed E-state index contributed by atoms with van der Waals surface area (Å²) in [4.78, 5) is 0.751. The number of hydrogen-bond donors (Lipinski definition) is 2. The number of hydrogen-bond acceptors (Lipinski definition) is 4. The summed E-state index contributed by atoms with van der Waals surface area (Å²) in [6.07, 6.45) is 0.449. The van der Waals surface area contributed by atoms with E-state index in [2.05, 4.69) is 5.32 Å². The van der Waals surface area contributed by atoms with Crippen LogP contribution < -0.4 is 5.32 Å². The van der Waals surface area contributed by atoms with Gasteiger partial charge < -0.3 is 10.4 Å². The van der Waals surface area contributed by atoms with Crippen LogP contribution in [0.25, 0.3) is 0 Å². The summed E-state index contributed by atoms with van der Waals surface area (Å²) in [5.41, 5.74) is 1.95. The highest BCUT2D eigenvalue weighted by molar-refractivity contribution is 7.99. The largest absolute Gasteiger partial charge is 0.387 e. The van der Waals surface area contributed by atoms with Crippen molar-refractivity contribution in [2.45, 2.75) is 23.5 Å². The van der Waals surface area contributed by atoms with Crippen LogP contribution in [-0.2, 0) is 0 Å². The Morgan fingerprint density at radius 2 is 2.30 bits per heavy atom. The third-order valence-corrected chi connectivity index (χ3v) is 5.37. The molecule has 106 valence electrons. The fraction of sp³-hybridized carbons (Fsp3) is 0.333. The van der Waals surface area contributed by atoms with Gasteiger partial charge >= 0.3 is 0 Å². The van der Waals surface area contributed by atoms with Crippen LogP contribution >= 0.6 is 23.1 Å². The number of nitrogens with one attached hydrogen (secondary N) is 1. The van der Waals surface area contributed by atoms with Gasteiger partial charge in [0.25, 0.3) is 0 Å². The zero-order valence-corrected chi connectivity index (χ0v) is 12.5. The van der Waals surface area contributed by atoms with Crippen LogP contribution in [0.3, 0.4) is 0 Å². The van der Waals surface area contributed by atoms with Crippen LogP contribution in [0, 0.1) is 5.82 Å². The summed E-state index contributed by atoms with van der Waals surface area (Å²) in [5.74, 6) is 0.762. The third-order valence-electron chi connectivity index (χ3n) is 3.51.